The van der Waals surface area contributed by atoms with Gasteiger partial charge in [0.05, 0.1) is 28.5 Å². The summed E-state index contributed by atoms with van der Waals surface area (Å²) in [6, 6.07) is 5.63. The van der Waals surface area contributed by atoms with Gasteiger partial charge in [-0.1, -0.05) is 48.0 Å². The number of thioether (sulfide) groups is 1. The Morgan fingerprint density at radius 1 is 1.30 bits per heavy atom. The highest BCUT2D eigenvalue weighted by Gasteiger charge is 2.09. The minimum absolute atomic E-state index is 0.0142. The molecule has 1 heterocycles. The van der Waals surface area contributed by atoms with Gasteiger partial charge in [-0.05, 0) is 24.1 Å². The first-order valence-corrected chi connectivity index (χ1v) is 8.11. The molecule has 1 aromatic heterocycles. The monoisotopic (exact) mass is 330 g/mol. The molecule has 0 fully saturated rings. The molecule has 3 nitrogen and oxygen atoms in total. The van der Waals surface area contributed by atoms with Gasteiger partial charge in [0.2, 0.25) is 0 Å². The van der Waals surface area contributed by atoms with E-state index in [0.717, 1.165) is 35.1 Å². The van der Waals surface area contributed by atoms with Crippen molar-refractivity contribution in [1.82, 2.24) is 9.55 Å². The third-order valence-electron chi connectivity index (χ3n) is 2.86. The zero-order valence-electron chi connectivity index (χ0n) is 11.1. The lowest BCUT2D eigenvalue weighted by Crippen LogP contribution is -2.04. The maximum absolute atomic E-state index is 9.31. The largest absolute Gasteiger partial charge is 0.390 e. The minimum Gasteiger partial charge on any atom is -0.390 e. The summed E-state index contributed by atoms with van der Waals surface area (Å²) in [4.78, 5) is 4.37. The Bertz CT molecular complexity index is 587. The molecular formula is C14H16Cl2N2OS. The number of hydrogen-bond donors (Lipinski definition) is 1. The number of nitrogens with zero attached hydrogens (tertiary/aromatic N) is 2. The van der Waals surface area contributed by atoms with Crippen LogP contribution in [0.5, 0.6) is 0 Å². The SMILES string of the molecule is CCCn1c(CO)cnc1SCc1ccc(Cl)c(Cl)c1. The molecule has 0 aliphatic carbocycles. The maximum atomic E-state index is 9.31. The Labute approximate surface area is 132 Å². The average molecular weight is 331 g/mol. The average Bonchev–Trinajstić information content (AvgIpc) is 2.83. The van der Waals surface area contributed by atoms with E-state index in [1.807, 2.05) is 12.1 Å². The number of aliphatic hydroxyl groups is 1. The molecule has 0 saturated carbocycles. The summed E-state index contributed by atoms with van der Waals surface area (Å²) in [5, 5.41) is 11.4. The Morgan fingerprint density at radius 3 is 2.75 bits per heavy atom. The number of imidazole rings is 1. The fourth-order valence-electron chi connectivity index (χ4n) is 1.87. The van der Waals surface area contributed by atoms with E-state index >= 15 is 0 Å². The van der Waals surface area contributed by atoms with Crippen molar-refractivity contribution in [2.75, 3.05) is 0 Å². The van der Waals surface area contributed by atoms with Crippen molar-refractivity contribution in [3.05, 3.63) is 45.7 Å². The zero-order chi connectivity index (χ0) is 14.5. The smallest absolute Gasteiger partial charge is 0.168 e. The van der Waals surface area contributed by atoms with Crippen LogP contribution in [0.4, 0.5) is 0 Å². The van der Waals surface area contributed by atoms with Crippen LogP contribution in [0.3, 0.4) is 0 Å². The van der Waals surface area contributed by atoms with Gasteiger partial charge in [-0.25, -0.2) is 4.98 Å². The first-order chi connectivity index (χ1) is 9.65. The Morgan fingerprint density at radius 2 is 2.10 bits per heavy atom. The summed E-state index contributed by atoms with van der Waals surface area (Å²) < 4.78 is 2.06. The molecule has 0 aliphatic heterocycles. The van der Waals surface area contributed by atoms with Crippen molar-refractivity contribution >= 4 is 35.0 Å². The van der Waals surface area contributed by atoms with E-state index in [4.69, 9.17) is 23.2 Å². The predicted octanol–water partition coefficient (Wildman–Crippen LogP) is 4.38. The number of rotatable bonds is 6. The van der Waals surface area contributed by atoms with Crippen LogP contribution in [0, 0.1) is 0 Å². The second kappa shape index (κ2) is 7.36. The molecule has 0 unspecified atom stereocenters. The number of halogens is 2. The molecule has 2 rings (SSSR count). The van der Waals surface area contributed by atoms with Gasteiger partial charge in [0.1, 0.15) is 0 Å². The van der Waals surface area contributed by atoms with Gasteiger partial charge < -0.3 is 9.67 Å². The highest BCUT2D eigenvalue weighted by Crippen LogP contribution is 2.27. The van der Waals surface area contributed by atoms with Crippen molar-refractivity contribution < 1.29 is 5.11 Å². The first-order valence-electron chi connectivity index (χ1n) is 6.37. The fraction of sp³-hybridized carbons (Fsp3) is 0.357. The van der Waals surface area contributed by atoms with Crippen LogP contribution in [0.2, 0.25) is 10.0 Å². The van der Waals surface area contributed by atoms with Crippen LogP contribution in [-0.4, -0.2) is 14.7 Å². The molecular weight excluding hydrogens is 315 g/mol. The lowest BCUT2D eigenvalue weighted by atomic mass is 10.2. The van der Waals surface area contributed by atoms with Crippen LogP contribution in [0.1, 0.15) is 24.6 Å². The van der Waals surface area contributed by atoms with Crippen LogP contribution in [0.25, 0.3) is 0 Å². The molecule has 1 aromatic carbocycles. The molecule has 0 radical (unpaired) electrons. The lowest BCUT2D eigenvalue weighted by Gasteiger charge is -2.09. The maximum Gasteiger partial charge on any atom is 0.168 e. The molecule has 20 heavy (non-hydrogen) atoms. The molecule has 1 N–H and O–H groups in total. The van der Waals surface area contributed by atoms with E-state index in [9.17, 15) is 5.11 Å². The van der Waals surface area contributed by atoms with Crippen molar-refractivity contribution in [2.45, 2.75) is 37.4 Å². The van der Waals surface area contributed by atoms with Crippen LogP contribution in [-0.2, 0) is 18.9 Å². The van der Waals surface area contributed by atoms with Crippen LogP contribution < -0.4 is 0 Å². The van der Waals surface area contributed by atoms with Crippen molar-refractivity contribution in [2.24, 2.45) is 0 Å². The van der Waals surface area contributed by atoms with Gasteiger partial charge >= 0.3 is 0 Å². The Balaban J connectivity index is 2.10. The van der Waals surface area contributed by atoms with E-state index in [1.54, 1.807) is 24.0 Å². The third kappa shape index (κ3) is 3.70. The van der Waals surface area contributed by atoms with E-state index in [-0.39, 0.29) is 6.61 Å². The molecule has 0 saturated heterocycles. The van der Waals surface area contributed by atoms with Crippen LogP contribution in [0.15, 0.2) is 29.6 Å². The van der Waals surface area contributed by atoms with Crippen LogP contribution >= 0.6 is 35.0 Å². The molecule has 108 valence electrons. The number of hydrogen-bond acceptors (Lipinski definition) is 3. The highest BCUT2D eigenvalue weighted by atomic mass is 35.5. The van der Waals surface area contributed by atoms with Gasteiger partial charge in [-0.15, -0.1) is 0 Å². The molecule has 6 heteroatoms. The molecule has 2 aromatic rings. The number of benzene rings is 1. The summed E-state index contributed by atoms with van der Waals surface area (Å²) in [6.45, 7) is 2.98. The normalized spacial score (nSPS) is 11.0. The van der Waals surface area contributed by atoms with E-state index in [0.29, 0.717) is 10.0 Å². The van der Waals surface area contributed by atoms with Gasteiger partial charge in [0.25, 0.3) is 0 Å². The van der Waals surface area contributed by atoms with Crippen molar-refractivity contribution in [1.29, 1.82) is 0 Å². The standard InChI is InChI=1S/C14H16Cl2N2OS/c1-2-5-18-11(8-19)7-17-14(18)20-9-10-3-4-12(15)13(16)6-10/h3-4,6-7,19H,2,5,8-9H2,1H3. The van der Waals surface area contributed by atoms with E-state index < -0.39 is 0 Å². The minimum atomic E-state index is 0.0142. The topological polar surface area (TPSA) is 38.0 Å². The van der Waals surface area contributed by atoms with Crippen molar-refractivity contribution in [3.63, 3.8) is 0 Å². The second-order valence-electron chi connectivity index (χ2n) is 4.38. The fourth-order valence-corrected chi connectivity index (χ4v) is 3.16. The zero-order valence-corrected chi connectivity index (χ0v) is 13.5. The molecule has 0 spiro atoms. The molecule has 0 atom stereocenters. The Kier molecular flexibility index (Phi) is 5.78. The molecule has 0 aliphatic rings. The highest BCUT2D eigenvalue weighted by molar-refractivity contribution is 7.98. The second-order valence-corrected chi connectivity index (χ2v) is 6.14. The van der Waals surface area contributed by atoms with Gasteiger partial charge in [-0.2, -0.15) is 0 Å². The lowest BCUT2D eigenvalue weighted by molar-refractivity contribution is 0.269. The summed E-state index contributed by atoms with van der Waals surface area (Å²) in [5.41, 5.74) is 1.95. The van der Waals surface area contributed by atoms with Gasteiger partial charge in [-0.3, -0.25) is 0 Å². The predicted molar refractivity (Wildman–Crippen MR) is 84.5 cm³/mol. The van der Waals surface area contributed by atoms with Crippen molar-refractivity contribution in [3.8, 4) is 0 Å². The molecule has 0 bridgehead atoms. The summed E-state index contributed by atoms with van der Waals surface area (Å²) >= 11 is 13.5. The van der Waals surface area contributed by atoms with E-state index in [2.05, 4.69) is 16.5 Å². The summed E-state index contributed by atoms with van der Waals surface area (Å²) in [5.74, 6) is 0.766. The van der Waals surface area contributed by atoms with Gasteiger partial charge in [0.15, 0.2) is 5.16 Å². The first kappa shape index (κ1) is 15.7. The van der Waals surface area contributed by atoms with Gasteiger partial charge in [0, 0.05) is 12.3 Å². The summed E-state index contributed by atoms with van der Waals surface area (Å²) in [7, 11) is 0. The summed E-state index contributed by atoms with van der Waals surface area (Å²) in [6.07, 6.45) is 2.73. The number of aromatic nitrogens is 2. The third-order valence-corrected chi connectivity index (χ3v) is 4.66. The Hall–Kier alpha value is -0.680. The molecule has 0 amide bonds. The number of aliphatic hydroxyl groups excluding tert-OH is 1. The quantitative estimate of drug-likeness (QED) is 0.798. The van der Waals surface area contributed by atoms with E-state index in [1.165, 1.54) is 0 Å².